The minimum atomic E-state index is -0.561. The highest BCUT2D eigenvalue weighted by atomic mass is 19.1. The van der Waals surface area contributed by atoms with Crippen molar-refractivity contribution in [2.24, 2.45) is 0 Å². The topological polar surface area (TPSA) is 38.3 Å². The van der Waals surface area contributed by atoms with Gasteiger partial charge in [0, 0.05) is 0 Å². The van der Waals surface area contributed by atoms with Crippen molar-refractivity contribution >= 4 is 11.6 Å². The number of carbonyl (C=O) groups is 1. The normalized spacial score (nSPS) is 20.2. The third-order valence-electron chi connectivity index (χ3n) is 1.90. The molecule has 1 aliphatic heterocycles. The third-order valence-corrected chi connectivity index (χ3v) is 1.90. The number of anilines is 1. The molecule has 3 nitrogen and oxygen atoms in total. The predicted octanol–water partition coefficient (Wildman–Crippen LogP) is 1.55. The maximum Gasteiger partial charge on any atom is 0.265 e. The van der Waals surface area contributed by atoms with Gasteiger partial charge in [-0.2, -0.15) is 0 Å². The lowest BCUT2D eigenvalue weighted by Crippen LogP contribution is -2.34. The molecule has 0 saturated heterocycles. The van der Waals surface area contributed by atoms with Crippen LogP contribution in [0.2, 0.25) is 0 Å². The first-order valence-electron chi connectivity index (χ1n) is 3.94. The van der Waals surface area contributed by atoms with Crippen LogP contribution in [0.3, 0.4) is 0 Å². The number of para-hydroxylation sites is 1. The van der Waals surface area contributed by atoms with E-state index in [0.29, 0.717) is 5.75 Å². The molecule has 68 valence electrons. The number of amides is 1. The Morgan fingerprint density at radius 3 is 3.08 bits per heavy atom. The zero-order valence-electron chi connectivity index (χ0n) is 7.00. The van der Waals surface area contributed by atoms with Gasteiger partial charge >= 0.3 is 0 Å². The van der Waals surface area contributed by atoms with E-state index in [1.807, 2.05) is 0 Å². The van der Waals surface area contributed by atoms with E-state index in [4.69, 9.17) is 4.74 Å². The summed E-state index contributed by atoms with van der Waals surface area (Å²) in [6.07, 6.45) is -0.561. The summed E-state index contributed by atoms with van der Waals surface area (Å²) in [5.41, 5.74) is 0.130. The molecule has 1 N–H and O–H groups in total. The molecule has 0 aromatic heterocycles. The third kappa shape index (κ3) is 1.24. The molecule has 0 aliphatic carbocycles. The van der Waals surface area contributed by atoms with Crippen LogP contribution in [-0.4, -0.2) is 12.0 Å². The van der Waals surface area contributed by atoms with Crippen LogP contribution in [0.5, 0.6) is 5.75 Å². The number of fused-ring (bicyclic) bond motifs is 1. The second-order valence-corrected chi connectivity index (χ2v) is 2.86. The largest absolute Gasteiger partial charge is 0.479 e. The Labute approximate surface area is 74.5 Å². The van der Waals surface area contributed by atoms with Crippen molar-refractivity contribution in [1.82, 2.24) is 0 Å². The minimum absolute atomic E-state index is 0.130. The smallest absolute Gasteiger partial charge is 0.265 e. The minimum Gasteiger partial charge on any atom is -0.479 e. The van der Waals surface area contributed by atoms with Crippen molar-refractivity contribution in [3.05, 3.63) is 24.0 Å². The van der Waals surface area contributed by atoms with Crippen LogP contribution < -0.4 is 10.1 Å². The Hall–Kier alpha value is -1.58. The molecule has 1 unspecified atom stereocenters. The second-order valence-electron chi connectivity index (χ2n) is 2.86. The number of ether oxygens (including phenoxy) is 1. The van der Waals surface area contributed by atoms with Crippen LogP contribution in [0.15, 0.2) is 18.2 Å². The average Bonchev–Trinajstić information content (AvgIpc) is 2.09. The molecule has 13 heavy (non-hydrogen) atoms. The highest BCUT2D eigenvalue weighted by Crippen LogP contribution is 2.31. The summed E-state index contributed by atoms with van der Waals surface area (Å²) in [6, 6.07) is 4.44. The lowest BCUT2D eigenvalue weighted by Gasteiger charge is -2.23. The average molecular weight is 181 g/mol. The SMILES string of the molecule is CC1Oc2cccc(F)c2NC1=O. The molecule has 0 radical (unpaired) electrons. The Morgan fingerprint density at radius 1 is 1.54 bits per heavy atom. The highest BCUT2D eigenvalue weighted by Gasteiger charge is 2.25. The van der Waals surface area contributed by atoms with Crippen molar-refractivity contribution in [1.29, 1.82) is 0 Å². The molecule has 0 bridgehead atoms. The molecule has 2 rings (SSSR count). The van der Waals surface area contributed by atoms with Gasteiger partial charge < -0.3 is 10.1 Å². The van der Waals surface area contributed by atoms with E-state index < -0.39 is 11.9 Å². The second kappa shape index (κ2) is 2.73. The number of carbonyl (C=O) groups excluding carboxylic acids is 1. The van der Waals surface area contributed by atoms with Crippen molar-refractivity contribution in [2.75, 3.05) is 5.32 Å². The molecule has 1 heterocycles. The molecule has 4 heteroatoms. The Bertz CT molecular complexity index is 365. The van der Waals surface area contributed by atoms with Crippen LogP contribution in [0, 0.1) is 5.82 Å². The van der Waals surface area contributed by atoms with Crippen LogP contribution in [0.25, 0.3) is 0 Å². The van der Waals surface area contributed by atoms with E-state index in [9.17, 15) is 9.18 Å². The van der Waals surface area contributed by atoms with Crippen LogP contribution >= 0.6 is 0 Å². The molecule has 1 aromatic rings. The lowest BCUT2D eigenvalue weighted by molar-refractivity contribution is -0.122. The quantitative estimate of drug-likeness (QED) is 0.659. The molecule has 0 saturated carbocycles. The Balaban J connectivity index is 2.48. The van der Waals surface area contributed by atoms with E-state index in [1.165, 1.54) is 6.07 Å². The molecule has 1 amide bonds. The van der Waals surface area contributed by atoms with Crippen molar-refractivity contribution < 1.29 is 13.9 Å². The molecular formula is C9H8FNO2. The van der Waals surface area contributed by atoms with Gasteiger partial charge in [0.25, 0.3) is 5.91 Å². The first-order chi connectivity index (χ1) is 6.18. The van der Waals surface area contributed by atoms with Gasteiger partial charge in [0.05, 0.1) is 0 Å². The van der Waals surface area contributed by atoms with Gasteiger partial charge in [-0.25, -0.2) is 4.39 Å². The summed E-state index contributed by atoms with van der Waals surface area (Å²) in [4.78, 5) is 11.1. The van der Waals surface area contributed by atoms with Gasteiger partial charge in [-0.1, -0.05) is 6.07 Å². The van der Waals surface area contributed by atoms with Crippen molar-refractivity contribution in [3.63, 3.8) is 0 Å². The first-order valence-corrected chi connectivity index (χ1v) is 3.94. The Morgan fingerprint density at radius 2 is 2.31 bits per heavy atom. The Kier molecular flexibility index (Phi) is 1.69. The fourth-order valence-corrected chi connectivity index (χ4v) is 1.19. The van der Waals surface area contributed by atoms with E-state index >= 15 is 0 Å². The maximum absolute atomic E-state index is 13.1. The summed E-state index contributed by atoms with van der Waals surface area (Å²) >= 11 is 0. The van der Waals surface area contributed by atoms with Gasteiger partial charge in [-0.15, -0.1) is 0 Å². The molecule has 1 aromatic carbocycles. The van der Waals surface area contributed by atoms with Crippen LogP contribution in [-0.2, 0) is 4.79 Å². The summed E-state index contributed by atoms with van der Waals surface area (Å²) in [5, 5.41) is 2.44. The fraction of sp³-hybridized carbons (Fsp3) is 0.222. The lowest BCUT2D eigenvalue weighted by atomic mass is 10.2. The molecule has 0 fully saturated rings. The van der Waals surface area contributed by atoms with Gasteiger partial charge in [0.15, 0.2) is 11.9 Å². The number of hydrogen-bond acceptors (Lipinski definition) is 2. The van der Waals surface area contributed by atoms with Gasteiger partial charge in [0.2, 0.25) is 0 Å². The fourth-order valence-electron chi connectivity index (χ4n) is 1.19. The van der Waals surface area contributed by atoms with Crippen molar-refractivity contribution in [2.45, 2.75) is 13.0 Å². The van der Waals surface area contributed by atoms with E-state index in [2.05, 4.69) is 5.32 Å². The first kappa shape index (κ1) is 8.04. The number of halogens is 1. The predicted molar refractivity (Wildman–Crippen MR) is 45.1 cm³/mol. The van der Waals surface area contributed by atoms with Gasteiger partial charge in [-0.05, 0) is 19.1 Å². The van der Waals surface area contributed by atoms with Crippen LogP contribution in [0.1, 0.15) is 6.92 Å². The number of hydrogen-bond donors (Lipinski definition) is 1. The highest BCUT2D eigenvalue weighted by molar-refractivity contribution is 5.97. The van der Waals surface area contributed by atoms with Gasteiger partial charge in [0.1, 0.15) is 11.4 Å². The number of nitrogens with one attached hydrogen (secondary N) is 1. The van der Waals surface area contributed by atoms with Gasteiger partial charge in [-0.3, -0.25) is 4.79 Å². The molecular weight excluding hydrogens is 173 g/mol. The number of benzene rings is 1. The summed E-state index contributed by atoms with van der Waals surface area (Å²) < 4.78 is 18.2. The maximum atomic E-state index is 13.1. The summed E-state index contributed by atoms with van der Waals surface area (Å²) in [7, 11) is 0. The summed E-state index contributed by atoms with van der Waals surface area (Å²) in [5.74, 6) is -0.414. The zero-order valence-corrected chi connectivity index (χ0v) is 7.00. The van der Waals surface area contributed by atoms with E-state index in [1.54, 1.807) is 19.1 Å². The molecule has 0 spiro atoms. The summed E-state index contributed by atoms with van der Waals surface area (Å²) in [6.45, 7) is 1.61. The molecule has 1 atom stereocenters. The molecule has 1 aliphatic rings. The van der Waals surface area contributed by atoms with Crippen molar-refractivity contribution in [3.8, 4) is 5.75 Å². The van der Waals surface area contributed by atoms with Crippen LogP contribution in [0.4, 0.5) is 10.1 Å². The zero-order chi connectivity index (χ0) is 9.42. The van der Waals surface area contributed by atoms with E-state index in [0.717, 1.165) is 0 Å². The van der Waals surface area contributed by atoms with E-state index in [-0.39, 0.29) is 11.6 Å². The number of rotatable bonds is 0. The monoisotopic (exact) mass is 181 g/mol. The standard InChI is InChI=1S/C9H8FNO2/c1-5-9(12)11-8-6(10)3-2-4-7(8)13-5/h2-5H,1H3,(H,11,12).